The third kappa shape index (κ3) is 7.04. The predicted molar refractivity (Wildman–Crippen MR) is 143 cm³/mol. The number of hydrogen-bond donors (Lipinski definition) is 0. The molecule has 2 aromatic rings. The molecule has 4 rings (SSSR count). The molecule has 0 radical (unpaired) electrons. The van der Waals surface area contributed by atoms with Gasteiger partial charge in [-0.3, -0.25) is 9.69 Å². The van der Waals surface area contributed by atoms with Crippen molar-refractivity contribution in [3.05, 3.63) is 69.8 Å². The van der Waals surface area contributed by atoms with Crippen molar-refractivity contribution in [2.24, 2.45) is 0 Å². The van der Waals surface area contributed by atoms with Crippen molar-refractivity contribution in [3.63, 3.8) is 0 Å². The summed E-state index contributed by atoms with van der Waals surface area (Å²) in [6, 6.07) is 8.59. The lowest BCUT2D eigenvalue weighted by atomic mass is 9.94. The Labute approximate surface area is 228 Å². The van der Waals surface area contributed by atoms with Gasteiger partial charge in [-0.25, -0.2) is 9.59 Å². The van der Waals surface area contributed by atoms with Crippen LogP contribution in [0.4, 0.5) is 0 Å². The molecule has 0 unspecified atom stereocenters. The molecule has 39 heavy (non-hydrogen) atoms. The maximum absolute atomic E-state index is 13.0. The first kappa shape index (κ1) is 28.3. The number of esters is 3. The zero-order valence-electron chi connectivity index (χ0n) is 22.7. The molecule has 208 valence electrons. The minimum absolute atomic E-state index is 0.0923. The fraction of sp³-hybridized carbons (Fsp3) is 0.433. The van der Waals surface area contributed by atoms with E-state index in [0.29, 0.717) is 61.6 Å². The number of carbonyl (C=O) groups is 3. The molecule has 0 aliphatic carbocycles. The number of cyclic esters (lactones) is 1. The van der Waals surface area contributed by atoms with Gasteiger partial charge in [0.2, 0.25) is 0 Å². The van der Waals surface area contributed by atoms with Gasteiger partial charge in [-0.05, 0) is 44.4 Å². The van der Waals surface area contributed by atoms with Crippen LogP contribution in [0.5, 0.6) is 11.5 Å². The van der Waals surface area contributed by atoms with Gasteiger partial charge in [0.25, 0.3) is 0 Å². The number of benzene rings is 2. The number of morpholine rings is 1. The van der Waals surface area contributed by atoms with Gasteiger partial charge in [0.15, 0.2) is 5.75 Å². The molecule has 0 aromatic heterocycles. The number of fused-ring (bicyclic) bond motifs is 1. The highest BCUT2D eigenvalue weighted by molar-refractivity contribution is 6.00. The zero-order valence-corrected chi connectivity index (χ0v) is 22.7. The number of rotatable bonds is 11. The van der Waals surface area contributed by atoms with Gasteiger partial charge in [-0.15, -0.1) is 0 Å². The molecule has 1 fully saturated rings. The Morgan fingerprint density at radius 3 is 2.54 bits per heavy atom. The number of allylic oxidation sites excluding steroid dienone is 2. The highest BCUT2D eigenvalue weighted by Crippen LogP contribution is 2.43. The molecule has 1 saturated heterocycles. The minimum Gasteiger partial charge on any atom is -0.496 e. The third-order valence-corrected chi connectivity index (χ3v) is 6.98. The standard InChI is InChI=1S/C30H35NO8/c1-20(10-12-25(32)37-18-15-31-13-16-36-17-14-31)9-11-23-27(35-3)21(2)24-19-38-30(34)26(24)28(23)39-29(33)22-7-5-4-6-8-22/h4-9H,10-19H2,1-3H3. The van der Waals surface area contributed by atoms with E-state index < -0.39 is 11.9 Å². The second-order valence-electron chi connectivity index (χ2n) is 9.58. The van der Waals surface area contributed by atoms with Crippen LogP contribution in [0.15, 0.2) is 42.0 Å². The molecule has 0 N–H and O–H groups in total. The number of hydrogen-bond acceptors (Lipinski definition) is 9. The predicted octanol–water partition coefficient (Wildman–Crippen LogP) is 4.04. The molecule has 2 aliphatic rings. The Kier molecular flexibility index (Phi) is 9.73. The van der Waals surface area contributed by atoms with Crippen molar-refractivity contribution in [1.82, 2.24) is 4.90 Å². The zero-order chi connectivity index (χ0) is 27.8. The Balaban J connectivity index is 1.46. The number of carbonyl (C=O) groups excluding carboxylic acids is 3. The summed E-state index contributed by atoms with van der Waals surface area (Å²) in [5.74, 6) is -0.675. The average Bonchev–Trinajstić information content (AvgIpc) is 3.35. The van der Waals surface area contributed by atoms with Crippen molar-refractivity contribution in [2.45, 2.75) is 39.7 Å². The molecule has 2 aromatic carbocycles. The van der Waals surface area contributed by atoms with Crippen molar-refractivity contribution in [2.75, 3.05) is 46.6 Å². The van der Waals surface area contributed by atoms with Crippen LogP contribution in [-0.4, -0.2) is 69.4 Å². The topological polar surface area (TPSA) is 101 Å². The summed E-state index contributed by atoms with van der Waals surface area (Å²) >= 11 is 0. The first-order valence-corrected chi connectivity index (χ1v) is 13.2. The monoisotopic (exact) mass is 537 g/mol. The van der Waals surface area contributed by atoms with Crippen LogP contribution in [0.3, 0.4) is 0 Å². The fourth-order valence-corrected chi connectivity index (χ4v) is 4.71. The molecule has 0 amide bonds. The van der Waals surface area contributed by atoms with E-state index in [1.54, 1.807) is 37.4 Å². The molecular formula is C30H35NO8. The SMILES string of the molecule is COc1c(C)c2c(c(OC(=O)c3ccccc3)c1CC=C(C)CCC(=O)OCCN1CCOCC1)C(=O)OC2. The normalized spacial score (nSPS) is 15.5. The first-order valence-electron chi connectivity index (χ1n) is 13.2. The molecule has 0 atom stereocenters. The van der Waals surface area contributed by atoms with Gasteiger partial charge in [-0.1, -0.05) is 29.8 Å². The van der Waals surface area contributed by atoms with Gasteiger partial charge in [0.1, 0.15) is 24.5 Å². The fourth-order valence-electron chi connectivity index (χ4n) is 4.71. The minimum atomic E-state index is -0.579. The lowest BCUT2D eigenvalue weighted by Crippen LogP contribution is -2.38. The summed E-state index contributed by atoms with van der Waals surface area (Å²) in [4.78, 5) is 40.1. The van der Waals surface area contributed by atoms with Crippen LogP contribution in [0.25, 0.3) is 0 Å². The third-order valence-electron chi connectivity index (χ3n) is 6.98. The molecule has 9 nitrogen and oxygen atoms in total. The largest absolute Gasteiger partial charge is 0.496 e. The van der Waals surface area contributed by atoms with Gasteiger partial charge in [0.05, 0.1) is 25.9 Å². The van der Waals surface area contributed by atoms with E-state index in [1.165, 1.54) is 0 Å². The number of ether oxygens (including phenoxy) is 5. The maximum Gasteiger partial charge on any atom is 0.343 e. The van der Waals surface area contributed by atoms with E-state index in [0.717, 1.165) is 24.2 Å². The molecular weight excluding hydrogens is 502 g/mol. The Bertz CT molecular complexity index is 1230. The highest BCUT2D eigenvalue weighted by atomic mass is 16.6. The molecule has 0 bridgehead atoms. The van der Waals surface area contributed by atoms with E-state index in [4.69, 9.17) is 23.7 Å². The van der Waals surface area contributed by atoms with E-state index in [9.17, 15) is 14.4 Å². The van der Waals surface area contributed by atoms with Crippen LogP contribution in [0, 0.1) is 6.92 Å². The van der Waals surface area contributed by atoms with Crippen LogP contribution in [-0.2, 0) is 32.0 Å². The van der Waals surface area contributed by atoms with E-state index in [2.05, 4.69) is 4.90 Å². The van der Waals surface area contributed by atoms with E-state index in [1.807, 2.05) is 19.9 Å². The van der Waals surface area contributed by atoms with Gasteiger partial charge in [0, 0.05) is 37.2 Å². The van der Waals surface area contributed by atoms with Crippen molar-refractivity contribution in [3.8, 4) is 11.5 Å². The van der Waals surface area contributed by atoms with Crippen molar-refractivity contribution >= 4 is 17.9 Å². The van der Waals surface area contributed by atoms with E-state index in [-0.39, 0.29) is 30.3 Å². The smallest absolute Gasteiger partial charge is 0.343 e. The average molecular weight is 538 g/mol. The van der Waals surface area contributed by atoms with Gasteiger partial charge >= 0.3 is 17.9 Å². The quantitative estimate of drug-likeness (QED) is 0.239. The maximum atomic E-state index is 13.0. The van der Waals surface area contributed by atoms with E-state index >= 15 is 0 Å². The van der Waals surface area contributed by atoms with Crippen LogP contribution < -0.4 is 9.47 Å². The van der Waals surface area contributed by atoms with Crippen LogP contribution >= 0.6 is 0 Å². The summed E-state index contributed by atoms with van der Waals surface area (Å²) in [6.45, 7) is 8.06. The van der Waals surface area contributed by atoms with Gasteiger partial charge in [-0.2, -0.15) is 0 Å². The Hall–Kier alpha value is -3.69. The second kappa shape index (κ2) is 13.4. The lowest BCUT2D eigenvalue weighted by Gasteiger charge is -2.26. The second-order valence-corrected chi connectivity index (χ2v) is 9.58. The number of methoxy groups -OCH3 is 1. The van der Waals surface area contributed by atoms with Crippen LogP contribution in [0.2, 0.25) is 0 Å². The summed E-state index contributed by atoms with van der Waals surface area (Å²) in [7, 11) is 1.54. The number of nitrogens with zero attached hydrogens (tertiary/aromatic N) is 1. The van der Waals surface area contributed by atoms with Crippen molar-refractivity contribution < 1.29 is 38.1 Å². The highest BCUT2D eigenvalue weighted by Gasteiger charge is 2.34. The molecule has 0 spiro atoms. The van der Waals surface area contributed by atoms with Crippen molar-refractivity contribution in [1.29, 1.82) is 0 Å². The molecule has 2 aliphatic heterocycles. The Morgan fingerprint density at radius 2 is 1.82 bits per heavy atom. The summed E-state index contributed by atoms with van der Waals surface area (Å²) in [5, 5.41) is 0. The lowest BCUT2D eigenvalue weighted by molar-refractivity contribution is -0.144. The molecule has 9 heteroatoms. The first-order chi connectivity index (χ1) is 18.9. The Morgan fingerprint density at radius 1 is 1.08 bits per heavy atom. The summed E-state index contributed by atoms with van der Waals surface area (Å²) < 4.78 is 27.6. The van der Waals surface area contributed by atoms with Gasteiger partial charge < -0.3 is 23.7 Å². The molecule has 0 saturated carbocycles. The molecule has 2 heterocycles. The summed E-state index contributed by atoms with van der Waals surface area (Å²) in [5.41, 5.74) is 3.57. The van der Waals surface area contributed by atoms with Crippen LogP contribution in [0.1, 0.15) is 57.2 Å². The summed E-state index contributed by atoms with van der Waals surface area (Å²) in [6.07, 6.45) is 3.06.